The number of amides is 1. The summed E-state index contributed by atoms with van der Waals surface area (Å²) in [5.74, 6) is 0.109. The first kappa shape index (κ1) is 16.9. The molecule has 0 saturated heterocycles. The lowest BCUT2D eigenvalue weighted by atomic mass is 10.3. The van der Waals surface area contributed by atoms with Crippen LogP contribution in [-0.2, 0) is 14.8 Å². The Morgan fingerprint density at radius 2 is 1.91 bits per heavy atom. The van der Waals surface area contributed by atoms with Crippen molar-refractivity contribution in [2.45, 2.75) is 4.90 Å². The zero-order valence-corrected chi connectivity index (χ0v) is 13.4. The molecule has 0 radical (unpaired) electrons. The number of hydrogen-bond donors (Lipinski definition) is 3. The highest BCUT2D eigenvalue weighted by Crippen LogP contribution is 2.12. The number of anilines is 1. The van der Waals surface area contributed by atoms with Crippen molar-refractivity contribution in [1.82, 2.24) is 5.32 Å². The molecule has 9 heteroatoms. The number of carbonyl (C=O) groups excluding carboxylic acids is 1. The van der Waals surface area contributed by atoms with E-state index in [1.807, 2.05) is 0 Å². The van der Waals surface area contributed by atoms with Gasteiger partial charge in [-0.25, -0.2) is 13.6 Å². The van der Waals surface area contributed by atoms with Crippen LogP contribution in [0, 0.1) is 0 Å². The van der Waals surface area contributed by atoms with Crippen LogP contribution in [0.15, 0.2) is 58.1 Å². The molecular weight excluding hydrogens is 338 g/mol. The molecule has 1 amide bonds. The molecule has 1 heterocycles. The highest BCUT2D eigenvalue weighted by Gasteiger charge is 2.07. The fraction of sp³-hybridized carbons (Fsp3) is 0. The Balaban J connectivity index is 1.90. The molecule has 0 aliphatic rings. The van der Waals surface area contributed by atoms with Crippen LogP contribution in [0.3, 0.4) is 0 Å². The van der Waals surface area contributed by atoms with Crippen molar-refractivity contribution in [3.05, 3.63) is 54.5 Å². The topological polar surface area (TPSA) is 114 Å². The van der Waals surface area contributed by atoms with Gasteiger partial charge in [0.15, 0.2) is 5.11 Å². The zero-order valence-electron chi connectivity index (χ0n) is 11.7. The van der Waals surface area contributed by atoms with Crippen LogP contribution >= 0.6 is 12.2 Å². The second-order valence-electron chi connectivity index (χ2n) is 4.36. The Morgan fingerprint density at radius 3 is 2.48 bits per heavy atom. The lowest BCUT2D eigenvalue weighted by Crippen LogP contribution is -2.32. The molecule has 0 fully saturated rings. The van der Waals surface area contributed by atoms with Crippen LogP contribution in [0.25, 0.3) is 6.08 Å². The number of furan rings is 1. The number of nitrogens with one attached hydrogen (secondary N) is 2. The van der Waals surface area contributed by atoms with E-state index < -0.39 is 15.9 Å². The van der Waals surface area contributed by atoms with Crippen molar-refractivity contribution in [3.8, 4) is 0 Å². The molecule has 0 aliphatic carbocycles. The fourth-order valence-electron chi connectivity index (χ4n) is 1.59. The summed E-state index contributed by atoms with van der Waals surface area (Å²) in [6.45, 7) is 0. The van der Waals surface area contributed by atoms with E-state index >= 15 is 0 Å². The van der Waals surface area contributed by atoms with Gasteiger partial charge in [-0.15, -0.1) is 0 Å². The molecule has 120 valence electrons. The maximum Gasteiger partial charge on any atom is 0.250 e. The van der Waals surface area contributed by atoms with E-state index in [1.54, 1.807) is 12.1 Å². The van der Waals surface area contributed by atoms with E-state index in [9.17, 15) is 13.2 Å². The monoisotopic (exact) mass is 351 g/mol. The Kier molecular flexibility index (Phi) is 5.27. The van der Waals surface area contributed by atoms with Crippen molar-refractivity contribution >= 4 is 45.0 Å². The summed E-state index contributed by atoms with van der Waals surface area (Å²) in [7, 11) is -3.74. The molecule has 0 saturated carbocycles. The highest BCUT2D eigenvalue weighted by molar-refractivity contribution is 7.89. The van der Waals surface area contributed by atoms with Crippen LogP contribution < -0.4 is 15.8 Å². The summed E-state index contributed by atoms with van der Waals surface area (Å²) in [6, 6.07) is 9.04. The summed E-state index contributed by atoms with van der Waals surface area (Å²) >= 11 is 4.99. The summed E-state index contributed by atoms with van der Waals surface area (Å²) in [5, 5.41) is 10.3. The normalized spacial score (nSPS) is 11.3. The highest BCUT2D eigenvalue weighted by atomic mass is 32.2. The predicted molar refractivity (Wildman–Crippen MR) is 89.9 cm³/mol. The molecule has 1 aromatic carbocycles. The number of thiocarbonyl (C=S) groups is 1. The van der Waals surface area contributed by atoms with Gasteiger partial charge < -0.3 is 9.73 Å². The zero-order chi connectivity index (χ0) is 16.9. The molecule has 0 aliphatic heterocycles. The standard InChI is InChI=1S/C14H13N3O4S2/c15-23(19,20)12-6-3-10(4-7-12)16-14(22)17-13(18)8-5-11-2-1-9-21-11/h1-9H,(H2,15,19,20)(H2,16,17,18,22)/b8-5+. The van der Waals surface area contributed by atoms with Gasteiger partial charge in [0.25, 0.3) is 0 Å². The number of benzene rings is 1. The summed E-state index contributed by atoms with van der Waals surface area (Å²) in [5.41, 5.74) is 0.512. The van der Waals surface area contributed by atoms with Gasteiger partial charge in [-0.3, -0.25) is 10.1 Å². The van der Waals surface area contributed by atoms with Gasteiger partial charge in [-0.05, 0) is 54.7 Å². The Morgan fingerprint density at radius 1 is 1.22 bits per heavy atom. The minimum atomic E-state index is -3.74. The Hall–Kier alpha value is -2.49. The van der Waals surface area contributed by atoms with Crippen LogP contribution in [0.4, 0.5) is 5.69 Å². The number of rotatable bonds is 4. The van der Waals surface area contributed by atoms with Crippen molar-refractivity contribution in [2.75, 3.05) is 5.32 Å². The molecule has 0 bridgehead atoms. The first-order chi connectivity index (χ1) is 10.8. The number of primary sulfonamides is 1. The third-order valence-corrected chi connectivity index (χ3v) is 3.75. The van der Waals surface area contributed by atoms with E-state index in [-0.39, 0.29) is 10.0 Å². The van der Waals surface area contributed by atoms with E-state index in [0.29, 0.717) is 11.4 Å². The Labute approximate surface area is 138 Å². The molecule has 2 rings (SSSR count). The maximum absolute atomic E-state index is 11.7. The molecule has 7 nitrogen and oxygen atoms in total. The van der Waals surface area contributed by atoms with E-state index in [0.717, 1.165) is 0 Å². The first-order valence-corrected chi connectivity index (χ1v) is 8.26. The molecule has 1 aromatic heterocycles. The van der Waals surface area contributed by atoms with Crippen LogP contribution in [0.5, 0.6) is 0 Å². The smallest absolute Gasteiger partial charge is 0.250 e. The quantitative estimate of drug-likeness (QED) is 0.567. The number of nitrogens with two attached hydrogens (primary N) is 1. The fourth-order valence-corrected chi connectivity index (χ4v) is 2.32. The van der Waals surface area contributed by atoms with Gasteiger partial charge in [-0.1, -0.05) is 0 Å². The van der Waals surface area contributed by atoms with Gasteiger partial charge in [0.05, 0.1) is 11.2 Å². The van der Waals surface area contributed by atoms with Gasteiger partial charge in [0.2, 0.25) is 15.9 Å². The minimum Gasteiger partial charge on any atom is -0.465 e. The summed E-state index contributed by atoms with van der Waals surface area (Å²) in [6.07, 6.45) is 4.27. The average Bonchev–Trinajstić information content (AvgIpc) is 2.98. The predicted octanol–water partition coefficient (Wildman–Crippen LogP) is 1.45. The molecule has 0 atom stereocenters. The third-order valence-electron chi connectivity index (χ3n) is 2.62. The van der Waals surface area contributed by atoms with Crippen LogP contribution in [0.2, 0.25) is 0 Å². The van der Waals surface area contributed by atoms with Crippen molar-refractivity contribution in [1.29, 1.82) is 0 Å². The largest absolute Gasteiger partial charge is 0.465 e. The first-order valence-electron chi connectivity index (χ1n) is 6.31. The SMILES string of the molecule is NS(=O)(=O)c1ccc(NC(=S)NC(=O)/C=C/c2ccco2)cc1. The Bertz CT molecular complexity index is 825. The number of hydrogen-bond acceptors (Lipinski definition) is 5. The lowest BCUT2D eigenvalue weighted by Gasteiger charge is -2.08. The van der Waals surface area contributed by atoms with Gasteiger partial charge in [0.1, 0.15) is 5.76 Å². The lowest BCUT2D eigenvalue weighted by molar-refractivity contribution is -0.115. The summed E-state index contributed by atoms with van der Waals surface area (Å²) in [4.78, 5) is 11.6. The molecule has 0 spiro atoms. The van der Waals surface area contributed by atoms with Gasteiger partial charge in [-0.2, -0.15) is 0 Å². The number of carbonyl (C=O) groups is 1. The average molecular weight is 351 g/mol. The van der Waals surface area contributed by atoms with Crippen molar-refractivity contribution in [2.24, 2.45) is 5.14 Å². The second kappa shape index (κ2) is 7.18. The van der Waals surface area contributed by atoms with Crippen molar-refractivity contribution in [3.63, 3.8) is 0 Å². The second-order valence-corrected chi connectivity index (χ2v) is 6.33. The molecular formula is C14H13N3O4S2. The number of sulfonamides is 1. The molecule has 23 heavy (non-hydrogen) atoms. The minimum absolute atomic E-state index is 0.0145. The van der Waals surface area contributed by atoms with E-state index in [1.165, 1.54) is 42.7 Å². The van der Waals surface area contributed by atoms with Gasteiger partial charge in [0, 0.05) is 11.8 Å². The third kappa shape index (κ3) is 5.33. The molecule has 0 unspecified atom stereocenters. The van der Waals surface area contributed by atoms with Crippen molar-refractivity contribution < 1.29 is 17.6 Å². The molecule has 2 aromatic rings. The van der Waals surface area contributed by atoms with E-state index in [4.69, 9.17) is 21.8 Å². The van der Waals surface area contributed by atoms with E-state index in [2.05, 4.69) is 10.6 Å². The molecule has 4 N–H and O–H groups in total. The van der Waals surface area contributed by atoms with Crippen LogP contribution in [-0.4, -0.2) is 19.4 Å². The van der Waals surface area contributed by atoms with Gasteiger partial charge >= 0.3 is 0 Å². The van der Waals surface area contributed by atoms with Crippen LogP contribution in [0.1, 0.15) is 5.76 Å². The summed E-state index contributed by atoms with van der Waals surface area (Å²) < 4.78 is 27.3. The maximum atomic E-state index is 11.7.